The highest BCUT2D eigenvalue weighted by molar-refractivity contribution is 6.30. The Morgan fingerprint density at radius 2 is 2.05 bits per heavy atom. The Labute approximate surface area is 122 Å². The summed E-state index contributed by atoms with van der Waals surface area (Å²) >= 11 is 6.12. The van der Waals surface area contributed by atoms with Gasteiger partial charge in [0.05, 0.1) is 12.6 Å². The second-order valence-electron chi connectivity index (χ2n) is 5.08. The van der Waals surface area contributed by atoms with Crippen molar-refractivity contribution < 1.29 is 9.13 Å². The molecule has 1 atom stereocenters. The minimum absolute atomic E-state index is 0.302. The van der Waals surface area contributed by atoms with E-state index in [9.17, 15) is 4.39 Å². The van der Waals surface area contributed by atoms with Gasteiger partial charge in [-0.05, 0) is 36.2 Å². The van der Waals surface area contributed by atoms with Crippen LogP contribution in [0.15, 0.2) is 30.3 Å². The van der Waals surface area contributed by atoms with Crippen LogP contribution in [0, 0.1) is 12.7 Å². The fourth-order valence-electron chi connectivity index (χ4n) is 2.58. The lowest BCUT2D eigenvalue weighted by Crippen LogP contribution is -2.15. The van der Waals surface area contributed by atoms with E-state index in [1.807, 2.05) is 19.1 Å². The monoisotopic (exact) mass is 291 g/mol. The maximum Gasteiger partial charge on any atom is 0.128 e. The van der Waals surface area contributed by atoms with Gasteiger partial charge in [0.25, 0.3) is 0 Å². The van der Waals surface area contributed by atoms with Crippen molar-refractivity contribution in [1.82, 2.24) is 0 Å². The molecule has 0 fully saturated rings. The van der Waals surface area contributed by atoms with Crippen molar-refractivity contribution in [1.29, 1.82) is 0 Å². The van der Waals surface area contributed by atoms with E-state index in [-0.39, 0.29) is 5.82 Å². The van der Waals surface area contributed by atoms with Crippen LogP contribution < -0.4 is 10.5 Å². The molecule has 1 unspecified atom stereocenters. The first-order valence-corrected chi connectivity index (χ1v) is 6.91. The number of ether oxygens (including phenoxy) is 1. The molecule has 2 aromatic rings. The molecule has 0 bridgehead atoms. The van der Waals surface area contributed by atoms with Crippen molar-refractivity contribution in [3.05, 3.63) is 63.4 Å². The van der Waals surface area contributed by atoms with Crippen molar-refractivity contribution in [3.8, 4) is 5.75 Å². The van der Waals surface area contributed by atoms with E-state index < -0.39 is 6.04 Å². The zero-order valence-corrected chi connectivity index (χ0v) is 11.9. The SMILES string of the molecule is Cc1ccc(C(N)c2cc(Cl)cc3c2OCC3)c(F)c1. The second-order valence-corrected chi connectivity index (χ2v) is 5.52. The summed E-state index contributed by atoms with van der Waals surface area (Å²) in [5.74, 6) is 0.450. The van der Waals surface area contributed by atoms with Crippen LogP contribution in [0.25, 0.3) is 0 Å². The predicted molar refractivity (Wildman–Crippen MR) is 77.8 cm³/mol. The van der Waals surface area contributed by atoms with E-state index in [2.05, 4.69) is 0 Å². The molecule has 2 N–H and O–H groups in total. The molecule has 104 valence electrons. The van der Waals surface area contributed by atoms with Crippen molar-refractivity contribution >= 4 is 11.6 Å². The number of hydrogen-bond acceptors (Lipinski definition) is 2. The van der Waals surface area contributed by atoms with Crippen LogP contribution in [0.1, 0.15) is 28.3 Å². The summed E-state index contributed by atoms with van der Waals surface area (Å²) in [6.45, 7) is 2.46. The number of halogens is 2. The molecule has 1 heterocycles. The fourth-order valence-corrected chi connectivity index (χ4v) is 2.83. The van der Waals surface area contributed by atoms with Gasteiger partial charge in [-0.3, -0.25) is 0 Å². The summed E-state index contributed by atoms with van der Waals surface area (Å²) in [5, 5.41) is 0.604. The van der Waals surface area contributed by atoms with Crippen molar-refractivity contribution in [2.45, 2.75) is 19.4 Å². The van der Waals surface area contributed by atoms with Gasteiger partial charge in [-0.25, -0.2) is 4.39 Å². The molecule has 3 rings (SSSR count). The third-order valence-electron chi connectivity index (χ3n) is 3.60. The third-order valence-corrected chi connectivity index (χ3v) is 3.82. The normalized spacial score (nSPS) is 14.8. The molecular weight excluding hydrogens is 277 g/mol. The number of aryl methyl sites for hydroxylation is 1. The number of nitrogens with two attached hydrogens (primary N) is 1. The van der Waals surface area contributed by atoms with Gasteiger partial charge >= 0.3 is 0 Å². The average Bonchev–Trinajstić information content (AvgIpc) is 2.85. The Morgan fingerprint density at radius 1 is 1.25 bits per heavy atom. The van der Waals surface area contributed by atoms with E-state index in [0.717, 1.165) is 28.9 Å². The smallest absolute Gasteiger partial charge is 0.128 e. The molecule has 0 saturated carbocycles. The summed E-state index contributed by atoms with van der Waals surface area (Å²) in [5.41, 5.74) is 9.33. The van der Waals surface area contributed by atoms with Gasteiger partial charge in [0.2, 0.25) is 0 Å². The highest BCUT2D eigenvalue weighted by Gasteiger charge is 2.23. The fraction of sp³-hybridized carbons (Fsp3) is 0.250. The maximum absolute atomic E-state index is 14.1. The standard InChI is InChI=1S/C16H15ClFNO/c1-9-2-3-12(14(18)6-9)15(19)13-8-11(17)7-10-4-5-20-16(10)13/h2-3,6-8,15H,4-5,19H2,1H3. The summed E-state index contributed by atoms with van der Waals surface area (Å²) in [6, 6.07) is 8.12. The number of hydrogen-bond donors (Lipinski definition) is 1. The number of rotatable bonds is 2. The molecule has 0 aliphatic carbocycles. The van der Waals surface area contributed by atoms with Crippen molar-refractivity contribution in [2.75, 3.05) is 6.61 Å². The van der Waals surface area contributed by atoms with Crippen LogP contribution in [-0.2, 0) is 6.42 Å². The molecular formula is C16H15ClFNO. The van der Waals surface area contributed by atoms with Gasteiger partial charge in [-0.15, -0.1) is 0 Å². The molecule has 1 aliphatic heterocycles. The van der Waals surface area contributed by atoms with E-state index >= 15 is 0 Å². The Bertz CT molecular complexity index is 672. The van der Waals surface area contributed by atoms with Crippen LogP contribution in [0.5, 0.6) is 5.75 Å². The first kappa shape index (κ1) is 13.4. The van der Waals surface area contributed by atoms with Crippen LogP contribution >= 0.6 is 11.6 Å². The van der Waals surface area contributed by atoms with Gasteiger partial charge in [0, 0.05) is 22.6 Å². The highest BCUT2D eigenvalue weighted by atomic mass is 35.5. The zero-order valence-electron chi connectivity index (χ0n) is 11.1. The molecule has 0 saturated heterocycles. The second kappa shape index (κ2) is 5.08. The zero-order chi connectivity index (χ0) is 14.3. The minimum atomic E-state index is -0.582. The summed E-state index contributed by atoms with van der Waals surface area (Å²) in [7, 11) is 0. The lowest BCUT2D eigenvalue weighted by molar-refractivity contribution is 0.352. The first-order chi connectivity index (χ1) is 9.56. The topological polar surface area (TPSA) is 35.2 Å². The van der Waals surface area contributed by atoms with Gasteiger partial charge in [0.1, 0.15) is 11.6 Å². The van der Waals surface area contributed by atoms with Gasteiger partial charge < -0.3 is 10.5 Å². The molecule has 20 heavy (non-hydrogen) atoms. The molecule has 0 radical (unpaired) electrons. The van der Waals surface area contributed by atoms with E-state index in [1.54, 1.807) is 12.1 Å². The van der Waals surface area contributed by atoms with Crippen LogP contribution in [0.2, 0.25) is 5.02 Å². The minimum Gasteiger partial charge on any atom is -0.493 e. The molecule has 2 nitrogen and oxygen atoms in total. The summed E-state index contributed by atoms with van der Waals surface area (Å²) in [6.07, 6.45) is 0.812. The first-order valence-electron chi connectivity index (χ1n) is 6.53. The molecule has 1 aliphatic rings. The van der Waals surface area contributed by atoms with E-state index in [4.69, 9.17) is 22.1 Å². The summed E-state index contributed by atoms with van der Waals surface area (Å²) in [4.78, 5) is 0. The Morgan fingerprint density at radius 3 is 2.80 bits per heavy atom. The Balaban J connectivity index is 2.09. The van der Waals surface area contributed by atoms with Crippen LogP contribution in [0.3, 0.4) is 0 Å². The molecule has 0 amide bonds. The van der Waals surface area contributed by atoms with Gasteiger partial charge in [-0.2, -0.15) is 0 Å². The number of fused-ring (bicyclic) bond motifs is 1. The maximum atomic E-state index is 14.1. The Kier molecular flexibility index (Phi) is 3.40. The largest absolute Gasteiger partial charge is 0.493 e. The molecule has 0 aromatic heterocycles. The van der Waals surface area contributed by atoms with E-state index in [1.165, 1.54) is 6.07 Å². The van der Waals surface area contributed by atoms with Crippen LogP contribution in [-0.4, -0.2) is 6.61 Å². The predicted octanol–water partition coefficient (Wildman–Crippen LogP) is 3.77. The number of benzene rings is 2. The summed E-state index contributed by atoms with van der Waals surface area (Å²) < 4.78 is 19.7. The quantitative estimate of drug-likeness (QED) is 0.914. The Hall–Kier alpha value is -1.58. The molecule has 4 heteroatoms. The van der Waals surface area contributed by atoms with Crippen molar-refractivity contribution in [2.24, 2.45) is 5.73 Å². The van der Waals surface area contributed by atoms with Gasteiger partial charge in [0.15, 0.2) is 0 Å². The van der Waals surface area contributed by atoms with Crippen LogP contribution in [0.4, 0.5) is 4.39 Å². The van der Waals surface area contributed by atoms with Gasteiger partial charge in [-0.1, -0.05) is 23.7 Å². The lowest BCUT2D eigenvalue weighted by atomic mass is 9.95. The molecule has 2 aromatic carbocycles. The van der Waals surface area contributed by atoms with E-state index in [0.29, 0.717) is 17.2 Å². The average molecular weight is 292 g/mol. The highest BCUT2D eigenvalue weighted by Crippen LogP contribution is 2.38. The lowest BCUT2D eigenvalue weighted by Gasteiger charge is -2.17. The third kappa shape index (κ3) is 2.28. The van der Waals surface area contributed by atoms with Crippen molar-refractivity contribution in [3.63, 3.8) is 0 Å². The molecule has 0 spiro atoms.